The molecule has 0 aromatic carbocycles. The van der Waals surface area contributed by atoms with Crippen molar-refractivity contribution in [1.82, 2.24) is 4.90 Å². The fourth-order valence-corrected chi connectivity index (χ4v) is 3.43. The summed E-state index contributed by atoms with van der Waals surface area (Å²) < 4.78 is 0. The topological polar surface area (TPSA) is 3.24 Å². The van der Waals surface area contributed by atoms with E-state index in [0.29, 0.717) is 0 Å². The Bertz CT molecular complexity index is 159. The lowest BCUT2D eigenvalue weighted by atomic mass is 9.75. The van der Waals surface area contributed by atoms with Crippen LogP contribution in [-0.2, 0) is 0 Å². The number of likely N-dealkylation sites (tertiary alicyclic amines) is 1. The van der Waals surface area contributed by atoms with Crippen LogP contribution in [0.4, 0.5) is 0 Å². The number of rotatable bonds is 1. The van der Waals surface area contributed by atoms with Crippen molar-refractivity contribution in [3.05, 3.63) is 0 Å². The zero-order chi connectivity index (χ0) is 9.26. The van der Waals surface area contributed by atoms with Gasteiger partial charge in [-0.05, 0) is 37.6 Å². The van der Waals surface area contributed by atoms with Crippen LogP contribution in [0.15, 0.2) is 0 Å². The van der Waals surface area contributed by atoms with Gasteiger partial charge in [0.2, 0.25) is 0 Å². The SMILES string of the molecule is CCN1C[C@@H](C)C[C@H]2CCCC[C@@H]21. The quantitative estimate of drug-likeness (QED) is 0.601. The largest absolute Gasteiger partial charge is 0.300 e. The van der Waals surface area contributed by atoms with E-state index in [0.717, 1.165) is 17.9 Å². The second-order valence-electron chi connectivity index (χ2n) is 5.04. The Morgan fingerprint density at radius 1 is 1.23 bits per heavy atom. The third kappa shape index (κ3) is 1.90. The molecule has 0 N–H and O–H groups in total. The molecule has 0 spiro atoms. The van der Waals surface area contributed by atoms with Gasteiger partial charge < -0.3 is 4.90 Å². The zero-order valence-corrected chi connectivity index (χ0v) is 9.13. The Labute approximate surface area is 82.5 Å². The van der Waals surface area contributed by atoms with Crippen LogP contribution in [0.1, 0.15) is 46.0 Å². The highest BCUT2D eigenvalue weighted by atomic mass is 15.2. The second kappa shape index (κ2) is 4.00. The minimum Gasteiger partial charge on any atom is -0.300 e. The molecule has 76 valence electrons. The molecule has 1 aliphatic carbocycles. The van der Waals surface area contributed by atoms with E-state index < -0.39 is 0 Å². The fourth-order valence-electron chi connectivity index (χ4n) is 3.43. The molecule has 1 nitrogen and oxygen atoms in total. The monoisotopic (exact) mass is 181 g/mol. The van der Waals surface area contributed by atoms with E-state index in [2.05, 4.69) is 18.7 Å². The van der Waals surface area contributed by atoms with Gasteiger partial charge in [0.05, 0.1) is 0 Å². The van der Waals surface area contributed by atoms with Gasteiger partial charge in [-0.1, -0.05) is 26.7 Å². The predicted octanol–water partition coefficient (Wildman–Crippen LogP) is 2.91. The first-order valence-corrected chi connectivity index (χ1v) is 6.05. The molecule has 0 aromatic heterocycles. The number of hydrogen-bond donors (Lipinski definition) is 0. The van der Waals surface area contributed by atoms with Gasteiger partial charge in [-0.3, -0.25) is 0 Å². The maximum Gasteiger partial charge on any atom is 0.0124 e. The van der Waals surface area contributed by atoms with Crippen molar-refractivity contribution < 1.29 is 0 Å². The second-order valence-corrected chi connectivity index (χ2v) is 5.04. The molecular weight excluding hydrogens is 158 g/mol. The van der Waals surface area contributed by atoms with E-state index in [1.54, 1.807) is 0 Å². The van der Waals surface area contributed by atoms with Gasteiger partial charge >= 0.3 is 0 Å². The lowest BCUT2D eigenvalue weighted by molar-refractivity contribution is 0.0378. The summed E-state index contributed by atoms with van der Waals surface area (Å²) in [6.07, 6.45) is 7.45. The molecule has 3 atom stereocenters. The van der Waals surface area contributed by atoms with Gasteiger partial charge in [0.25, 0.3) is 0 Å². The summed E-state index contributed by atoms with van der Waals surface area (Å²) in [5.74, 6) is 1.98. The van der Waals surface area contributed by atoms with Crippen LogP contribution in [0.25, 0.3) is 0 Å². The first-order valence-electron chi connectivity index (χ1n) is 6.05. The fraction of sp³-hybridized carbons (Fsp3) is 1.00. The maximum atomic E-state index is 2.73. The number of hydrogen-bond acceptors (Lipinski definition) is 1. The van der Waals surface area contributed by atoms with Gasteiger partial charge in [0, 0.05) is 12.6 Å². The molecule has 2 aliphatic rings. The van der Waals surface area contributed by atoms with Crippen molar-refractivity contribution in [1.29, 1.82) is 0 Å². The summed E-state index contributed by atoms with van der Waals surface area (Å²) >= 11 is 0. The molecule has 2 fully saturated rings. The van der Waals surface area contributed by atoms with Gasteiger partial charge in [-0.15, -0.1) is 0 Å². The predicted molar refractivity (Wildman–Crippen MR) is 56.8 cm³/mol. The highest BCUT2D eigenvalue weighted by Gasteiger charge is 2.34. The lowest BCUT2D eigenvalue weighted by Crippen LogP contribution is -2.49. The van der Waals surface area contributed by atoms with Crippen molar-refractivity contribution in [3.8, 4) is 0 Å². The minimum atomic E-state index is 0.944. The molecule has 0 bridgehead atoms. The third-order valence-electron chi connectivity index (χ3n) is 4.00. The summed E-state index contributed by atoms with van der Waals surface area (Å²) in [6, 6.07) is 0.954. The first-order chi connectivity index (χ1) is 6.31. The average Bonchev–Trinajstić information content (AvgIpc) is 2.16. The van der Waals surface area contributed by atoms with E-state index >= 15 is 0 Å². The highest BCUT2D eigenvalue weighted by molar-refractivity contribution is 4.88. The summed E-state index contributed by atoms with van der Waals surface area (Å²) in [7, 11) is 0. The van der Waals surface area contributed by atoms with Crippen molar-refractivity contribution >= 4 is 0 Å². The van der Waals surface area contributed by atoms with E-state index in [1.165, 1.54) is 45.2 Å². The van der Waals surface area contributed by atoms with Gasteiger partial charge in [0.1, 0.15) is 0 Å². The van der Waals surface area contributed by atoms with E-state index in [9.17, 15) is 0 Å². The van der Waals surface area contributed by atoms with Crippen molar-refractivity contribution in [2.45, 2.75) is 52.0 Å². The Kier molecular flexibility index (Phi) is 2.92. The minimum absolute atomic E-state index is 0.944. The molecule has 2 rings (SSSR count). The lowest BCUT2D eigenvalue weighted by Gasteiger charge is -2.46. The van der Waals surface area contributed by atoms with Crippen LogP contribution in [0, 0.1) is 11.8 Å². The first kappa shape index (κ1) is 9.51. The van der Waals surface area contributed by atoms with Crippen LogP contribution in [0.3, 0.4) is 0 Å². The zero-order valence-electron chi connectivity index (χ0n) is 9.13. The molecule has 0 aromatic rings. The van der Waals surface area contributed by atoms with E-state index in [1.807, 2.05) is 0 Å². The third-order valence-corrected chi connectivity index (χ3v) is 4.00. The summed E-state index contributed by atoms with van der Waals surface area (Å²) in [5, 5.41) is 0. The molecule has 1 heterocycles. The highest BCUT2D eigenvalue weighted by Crippen LogP contribution is 2.36. The van der Waals surface area contributed by atoms with Crippen LogP contribution in [0.5, 0.6) is 0 Å². The molecular formula is C12H23N. The van der Waals surface area contributed by atoms with Gasteiger partial charge in [-0.25, -0.2) is 0 Å². The van der Waals surface area contributed by atoms with E-state index in [-0.39, 0.29) is 0 Å². The number of nitrogens with zero attached hydrogens (tertiary/aromatic N) is 1. The van der Waals surface area contributed by atoms with Gasteiger partial charge in [0.15, 0.2) is 0 Å². The van der Waals surface area contributed by atoms with E-state index in [4.69, 9.17) is 0 Å². The Morgan fingerprint density at radius 3 is 2.77 bits per heavy atom. The Hall–Kier alpha value is -0.0400. The average molecular weight is 181 g/mol. The van der Waals surface area contributed by atoms with Crippen molar-refractivity contribution in [3.63, 3.8) is 0 Å². The van der Waals surface area contributed by atoms with Crippen LogP contribution in [-0.4, -0.2) is 24.0 Å². The van der Waals surface area contributed by atoms with Crippen LogP contribution < -0.4 is 0 Å². The normalized spacial score (nSPS) is 41.5. The maximum absolute atomic E-state index is 2.73. The smallest absolute Gasteiger partial charge is 0.0124 e. The molecule has 0 unspecified atom stereocenters. The Balaban J connectivity index is 2.02. The molecule has 0 amide bonds. The van der Waals surface area contributed by atoms with Crippen molar-refractivity contribution in [2.75, 3.05) is 13.1 Å². The molecule has 1 saturated carbocycles. The molecule has 1 aliphatic heterocycles. The Morgan fingerprint density at radius 2 is 2.00 bits per heavy atom. The summed E-state index contributed by atoms with van der Waals surface area (Å²) in [6.45, 7) is 7.38. The molecule has 1 saturated heterocycles. The summed E-state index contributed by atoms with van der Waals surface area (Å²) in [4.78, 5) is 2.73. The molecule has 13 heavy (non-hydrogen) atoms. The number of fused-ring (bicyclic) bond motifs is 1. The number of piperidine rings is 1. The summed E-state index contributed by atoms with van der Waals surface area (Å²) in [5.41, 5.74) is 0. The van der Waals surface area contributed by atoms with Crippen molar-refractivity contribution in [2.24, 2.45) is 11.8 Å². The molecule has 1 heteroatoms. The van der Waals surface area contributed by atoms with Crippen LogP contribution in [0.2, 0.25) is 0 Å². The standard InChI is InChI=1S/C12H23N/c1-3-13-9-10(2)8-11-6-4-5-7-12(11)13/h10-12H,3-9H2,1-2H3/t10-,11+,12-/m0/s1. The molecule has 0 radical (unpaired) electrons. The van der Waals surface area contributed by atoms with Gasteiger partial charge in [-0.2, -0.15) is 0 Å². The van der Waals surface area contributed by atoms with Crippen LogP contribution >= 0.6 is 0 Å².